The first-order chi connectivity index (χ1) is 6.02. The lowest BCUT2D eigenvalue weighted by atomic mass is 10.1. The summed E-state index contributed by atoms with van der Waals surface area (Å²) in [6.45, 7) is 5.98. The van der Waals surface area contributed by atoms with Crippen molar-refractivity contribution in [2.24, 2.45) is 0 Å². The second-order valence-electron chi connectivity index (χ2n) is 3.48. The lowest BCUT2D eigenvalue weighted by molar-refractivity contribution is -0.136. The summed E-state index contributed by atoms with van der Waals surface area (Å²) in [6.07, 6.45) is 6.25. The Morgan fingerprint density at radius 1 is 1.15 bits per heavy atom. The van der Waals surface area contributed by atoms with Crippen molar-refractivity contribution in [2.45, 2.75) is 40.0 Å². The second kappa shape index (κ2) is 6.46. The molecule has 2 heteroatoms. The molecule has 0 unspecified atom stereocenters. The highest BCUT2D eigenvalue weighted by Gasteiger charge is 1.96. The molecule has 0 saturated heterocycles. The van der Waals surface area contributed by atoms with E-state index in [-0.39, 0.29) is 6.42 Å². The summed E-state index contributed by atoms with van der Waals surface area (Å²) in [5.74, 6) is -0.754. The third-order valence-electron chi connectivity index (χ3n) is 1.64. The molecule has 0 radical (unpaired) electrons. The standard InChI is InChI=1S/C11H18O2/c1-9(2)6-4-5-7-10(3)8-11(12)13/h6-7H,4-5,8H2,1-3H3,(H,12,13). The summed E-state index contributed by atoms with van der Waals surface area (Å²) >= 11 is 0. The molecular formula is C11H18O2. The van der Waals surface area contributed by atoms with Gasteiger partial charge in [-0.1, -0.05) is 23.3 Å². The highest BCUT2D eigenvalue weighted by atomic mass is 16.4. The van der Waals surface area contributed by atoms with Crippen LogP contribution in [0.25, 0.3) is 0 Å². The molecule has 0 fully saturated rings. The van der Waals surface area contributed by atoms with Gasteiger partial charge in [0.25, 0.3) is 0 Å². The zero-order valence-electron chi connectivity index (χ0n) is 8.63. The molecule has 0 aromatic rings. The van der Waals surface area contributed by atoms with Crippen molar-refractivity contribution in [1.82, 2.24) is 0 Å². The number of rotatable bonds is 5. The topological polar surface area (TPSA) is 37.3 Å². The predicted molar refractivity (Wildman–Crippen MR) is 54.7 cm³/mol. The van der Waals surface area contributed by atoms with Crippen molar-refractivity contribution >= 4 is 5.97 Å². The molecule has 0 aliphatic rings. The summed E-state index contributed by atoms with van der Waals surface area (Å²) in [5.41, 5.74) is 2.25. The molecule has 0 amide bonds. The maximum absolute atomic E-state index is 10.3. The summed E-state index contributed by atoms with van der Waals surface area (Å²) in [5, 5.41) is 8.48. The normalized spacial score (nSPS) is 11.2. The first-order valence-electron chi connectivity index (χ1n) is 4.53. The molecule has 0 spiro atoms. The van der Waals surface area contributed by atoms with E-state index in [0.717, 1.165) is 18.4 Å². The number of unbranched alkanes of at least 4 members (excludes halogenated alkanes) is 1. The molecule has 2 nitrogen and oxygen atoms in total. The molecule has 0 aliphatic carbocycles. The van der Waals surface area contributed by atoms with Crippen LogP contribution < -0.4 is 0 Å². The molecule has 0 heterocycles. The summed E-state index contributed by atoms with van der Waals surface area (Å²) < 4.78 is 0. The lowest BCUT2D eigenvalue weighted by Crippen LogP contribution is -1.94. The monoisotopic (exact) mass is 182 g/mol. The summed E-state index contributed by atoms with van der Waals surface area (Å²) in [4.78, 5) is 10.3. The van der Waals surface area contributed by atoms with Crippen molar-refractivity contribution in [1.29, 1.82) is 0 Å². The Bertz CT molecular complexity index is 220. The average molecular weight is 182 g/mol. The van der Waals surface area contributed by atoms with Gasteiger partial charge in [-0.2, -0.15) is 0 Å². The van der Waals surface area contributed by atoms with Gasteiger partial charge in [0, 0.05) is 0 Å². The Morgan fingerprint density at radius 2 is 1.69 bits per heavy atom. The fourth-order valence-corrected chi connectivity index (χ4v) is 1.01. The number of carbonyl (C=O) groups is 1. The van der Waals surface area contributed by atoms with Crippen molar-refractivity contribution < 1.29 is 9.90 Å². The fraction of sp³-hybridized carbons (Fsp3) is 0.545. The van der Waals surface area contributed by atoms with Crippen LogP contribution in [0.5, 0.6) is 0 Å². The first kappa shape index (κ1) is 11.9. The average Bonchev–Trinajstić information content (AvgIpc) is 1.96. The number of carboxylic acid groups (broad SMARTS) is 1. The van der Waals surface area contributed by atoms with Gasteiger partial charge in [0.05, 0.1) is 6.42 Å². The van der Waals surface area contributed by atoms with E-state index >= 15 is 0 Å². The van der Waals surface area contributed by atoms with Crippen LogP contribution in [0.15, 0.2) is 23.3 Å². The Hall–Kier alpha value is -1.05. The zero-order valence-corrected chi connectivity index (χ0v) is 8.63. The van der Waals surface area contributed by atoms with E-state index in [4.69, 9.17) is 5.11 Å². The predicted octanol–water partition coefficient (Wildman–Crippen LogP) is 3.15. The molecule has 0 aliphatic heterocycles. The van der Waals surface area contributed by atoms with E-state index in [2.05, 4.69) is 19.9 Å². The van der Waals surface area contributed by atoms with Crippen LogP contribution in [0.4, 0.5) is 0 Å². The van der Waals surface area contributed by atoms with E-state index in [9.17, 15) is 4.79 Å². The smallest absolute Gasteiger partial charge is 0.307 e. The van der Waals surface area contributed by atoms with Gasteiger partial charge in [0.1, 0.15) is 0 Å². The van der Waals surface area contributed by atoms with Crippen LogP contribution in [-0.2, 0) is 4.79 Å². The minimum absolute atomic E-state index is 0.162. The number of carboxylic acids is 1. The molecule has 0 saturated carbocycles. The van der Waals surface area contributed by atoms with Gasteiger partial charge in [-0.25, -0.2) is 0 Å². The molecule has 0 aromatic carbocycles. The van der Waals surface area contributed by atoms with Gasteiger partial charge in [-0.3, -0.25) is 4.79 Å². The van der Waals surface area contributed by atoms with Gasteiger partial charge < -0.3 is 5.11 Å². The highest BCUT2D eigenvalue weighted by Crippen LogP contribution is 2.04. The Balaban J connectivity index is 3.71. The van der Waals surface area contributed by atoms with Crippen LogP contribution in [0.3, 0.4) is 0 Å². The van der Waals surface area contributed by atoms with Crippen LogP contribution in [0, 0.1) is 0 Å². The van der Waals surface area contributed by atoms with Crippen LogP contribution in [0.2, 0.25) is 0 Å². The van der Waals surface area contributed by atoms with E-state index in [0.29, 0.717) is 0 Å². The van der Waals surface area contributed by atoms with E-state index in [1.165, 1.54) is 5.57 Å². The van der Waals surface area contributed by atoms with E-state index in [1.807, 2.05) is 13.0 Å². The summed E-state index contributed by atoms with van der Waals surface area (Å²) in [7, 11) is 0. The molecule has 74 valence electrons. The molecule has 0 rings (SSSR count). The highest BCUT2D eigenvalue weighted by molar-refractivity contribution is 5.69. The Labute approximate surface area is 80.0 Å². The minimum Gasteiger partial charge on any atom is -0.481 e. The minimum atomic E-state index is -0.754. The van der Waals surface area contributed by atoms with Gasteiger partial charge in [0.2, 0.25) is 0 Å². The maximum Gasteiger partial charge on any atom is 0.307 e. The largest absolute Gasteiger partial charge is 0.481 e. The van der Waals surface area contributed by atoms with Gasteiger partial charge in [0.15, 0.2) is 0 Å². The van der Waals surface area contributed by atoms with Crippen molar-refractivity contribution in [3.63, 3.8) is 0 Å². The van der Waals surface area contributed by atoms with Crippen molar-refractivity contribution in [2.75, 3.05) is 0 Å². The van der Waals surface area contributed by atoms with Crippen LogP contribution in [0.1, 0.15) is 40.0 Å². The van der Waals surface area contributed by atoms with Crippen molar-refractivity contribution in [3.05, 3.63) is 23.3 Å². The molecular weight excluding hydrogens is 164 g/mol. The lowest BCUT2D eigenvalue weighted by Gasteiger charge is -1.95. The Morgan fingerprint density at radius 3 is 2.15 bits per heavy atom. The third-order valence-corrected chi connectivity index (χ3v) is 1.64. The van der Waals surface area contributed by atoms with Gasteiger partial charge >= 0.3 is 5.97 Å². The molecule has 1 N–H and O–H groups in total. The number of hydrogen-bond acceptors (Lipinski definition) is 1. The number of hydrogen-bond donors (Lipinski definition) is 1. The molecule has 0 bridgehead atoms. The zero-order chi connectivity index (χ0) is 10.3. The molecule has 0 atom stereocenters. The first-order valence-corrected chi connectivity index (χ1v) is 4.53. The van der Waals surface area contributed by atoms with Crippen molar-refractivity contribution in [3.8, 4) is 0 Å². The van der Waals surface area contributed by atoms with E-state index < -0.39 is 5.97 Å². The third kappa shape index (κ3) is 8.86. The second-order valence-corrected chi connectivity index (χ2v) is 3.48. The SMILES string of the molecule is CC(C)=CCCC=C(C)CC(=O)O. The van der Waals surface area contributed by atoms with E-state index in [1.54, 1.807) is 0 Å². The number of aliphatic carboxylic acids is 1. The Kier molecular flexibility index (Phi) is 5.94. The fourth-order valence-electron chi connectivity index (χ4n) is 1.01. The quantitative estimate of drug-likeness (QED) is 0.524. The van der Waals surface area contributed by atoms with Gasteiger partial charge in [-0.05, 0) is 33.6 Å². The maximum atomic E-state index is 10.3. The summed E-state index contributed by atoms with van der Waals surface area (Å²) in [6, 6.07) is 0. The van der Waals surface area contributed by atoms with Crippen LogP contribution in [-0.4, -0.2) is 11.1 Å². The van der Waals surface area contributed by atoms with Crippen LogP contribution >= 0.6 is 0 Å². The van der Waals surface area contributed by atoms with Gasteiger partial charge in [-0.15, -0.1) is 0 Å². The molecule has 13 heavy (non-hydrogen) atoms. The number of allylic oxidation sites excluding steroid dienone is 3. The molecule has 0 aromatic heterocycles.